The molecular formula is C29H22ClF6NO2. The quantitative estimate of drug-likeness (QED) is 0.218. The molecular weight excluding hydrogens is 544 g/mol. The molecule has 39 heavy (non-hydrogen) atoms. The fourth-order valence-corrected chi connectivity index (χ4v) is 4.47. The molecule has 4 aromatic rings. The van der Waals surface area contributed by atoms with E-state index in [0.717, 1.165) is 18.2 Å². The first kappa shape index (κ1) is 28.4. The molecule has 2 unspecified atom stereocenters. The number of carbonyl (C=O) groups excluding carboxylic acids is 1. The molecule has 10 heteroatoms. The topological polar surface area (TPSA) is 49.3 Å². The minimum absolute atomic E-state index is 0.00547. The van der Waals surface area contributed by atoms with Gasteiger partial charge in [0.1, 0.15) is 5.82 Å². The van der Waals surface area contributed by atoms with Crippen molar-refractivity contribution in [3.63, 3.8) is 0 Å². The van der Waals surface area contributed by atoms with Gasteiger partial charge in [-0.3, -0.25) is 4.79 Å². The molecule has 0 bridgehead atoms. The predicted octanol–water partition coefficient (Wildman–Crippen LogP) is 7.45. The van der Waals surface area contributed by atoms with Gasteiger partial charge in [-0.2, -0.15) is 22.0 Å². The molecule has 0 aliphatic rings. The first-order valence-electron chi connectivity index (χ1n) is 11.8. The van der Waals surface area contributed by atoms with Crippen molar-refractivity contribution in [1.29, 1.82) is 0 Å². The van der Waals surface area contributed by atoms with Crippen LogP contribution in [0.4, 0.5) is 26.3 Å². The molecule has 4 aromatic carbocycles. The van der Waals surface area contributed by atoms with E-state index in [4.69, 9.17) is 11.6 Å². The summed E-state index contributed by atoms with van der Waals surface area (Å²) in [5, 5.41) is 14.9. The summed E-state index contributed by atoms with van der Waals surface area (Å²) >= 11 is 6.06. The highest BCUT2D eigenvalue weighted by molar-refractivity contribution is 6.30. The third-order valence-corrected chi connectivity index (χ3v) is 6.56. The van der Waals surface area contributed by atoms with Crippen LogP contribution in [0.5, 0.6) is 0 Å². The van der Waals surface area contributed by atoms with Crippen molar-refractivity contribution >= 4 is 28.3 Å². The highest BCUT2D eigenvalue weighted by Gasteiger charge is 2.57. The molecule has 1 amide bonds. The molecule has 0 aromatic heterocycles. The lowest BCUT2D eigenvalue weighted by Crippen LogP contribution is -2.41. The van der Waals surface area contributed by atoms with E-state index in [2.05, 4.69) is 5.32 Å². The van der Waals surface area contributed by atoms with E-state index in [0.29, 0.717) is 21.5 Å². The number of alkyl halides is 5. The molecule has 204 valence electrons. The monoisotopic (exact) mass is 565 g/mol. The van der Waals surface area contributed by atoms with Gasteiger partial charge in [-0.1, -0.05) is 72.3 Å². The Morgan fingerprint density at radius 1 is 0.846 bits per heavy atom. The second-order valence-electron chi connectivity index (χ2n) is 9.12. The summed E-state index contributed by atoms with van der Waals surface area (Å²) in [7, 11) is 0. The fourth-order valence-electron chi connectivity index (χ4n) is 4.27. The highest BCUT2D eigenvalue weighted by atomic mass is 35.5. The minimum atomic E-state index is -5.67. The number of aliphatic hydroxyl groups excluding tert-OH is 1. The van der Waals surface area contributed by atoms with Crippen molar-refractivity contribution in [2.45, 2.75) is 37.1 Å². The molecule has 0 saturated carbocycles. The number of nitrogens with one attached hydrogen (secondary N) is 1. The molecule has 3 nitrogen and oxygen atoms in total. The number of halogens is 7. The maximum atomic E-state index is 14.3. The molecule has 0 radical (unpaired) electrons. The van der Waals surface area contributed by atoms with Crippen LogP contribution in [0.15, 0.2) is 84.9 Å². The van der Waals surface area contributed by atoms with Crippen LogP contribution in [0.1, 0.15) is 33.2 Å². The number of amides is 1. The van der Waals surface area contributed by atoms with Crippen LogP contribution in [0, 0.1) is 5.82 Å². The van der Waals surface area contributed by atoms with Gasteiger partial charge < -0.3 is 10.4 Å². The Labute approximate surface area is 225 Å². The van der Waals surface area contributed by atoms with Crippen molar-refractivity contribution in [2.24, 2.45) is 0 Å². The van der Waals surface area contributed by atoms with Gasteiger partial charge in [0, 0.05) is 22.4 Å². The molecule has 0 fully saturated rings. The Morgan fingerprint density at radius 2 is 1.49 bits per heavy atom. The molecule has 0 aliphatic carbocycles. The number of carbonyl (C=O) groups is 1. The van der Waals surface area contributed by atoms with Crippen LogP contribution in [0.25, 0.3) is 10.8 Å². The van der Waals surface area contributed by atoms with Crippen LogP contribution in [0.2, 0.25) is 5.02 Å². The third-order valence-electron chi connectivity index (χ3n) is 6.32. The van der Waals surface area contributed by atoms with Crippen molar-refractivity contribution in [1.82, 2.24) is 5.32 Å². The van der Waals surface area contributed by atoms with Gasteiger partial charge in [-0.05, 0) is 52.8 Å². The lowest BCUT2D eigenvalue weighted by atomic mass is 9.94. The SMILES string of the molecule is O=C(NC(Cc1ccc(CC(F)(F)C(F)(F)F)cc1)C(O)c1cccc(Cl)c1)c1ccc(F)c2ccccc12. The summed E-state index contributed by atoms with van der Waals surface area (Å²) in [6, 6.07) is 19.3. The molecule has 0 spiro atoms. The third kappa shape index (κ3) is 6.54. The van der Waals surface area contributed by atoms with E-state index >= 15 is 0 Å². The zero-order valence-corrected chi connectivity index (χ0v) is 20.9. The van der Waals surface area contributed by atoms with E-state index in [1.165, 1.54) is 30.3 Å². The number of benzene rings is 4. The Morgan fingerprint density at radius 3 is 2.13 bits per heavy atom. The second-order valence-corrected chi connectivity index (χ2v) is 9.56. The summed E-state index contributed by atoms with van der Waals surface area (Å²) in [6.07, 6.45) is -8.46. The van der Waals surface area contributed by atoms with E-state index in [-0.39, 0.29) is 22.9 Å². The molecule has 0 saturated heterocycles. The number of rotatable bonds is 8. The van der Waals surface area contributed by atoms with Crippen molar-refractivity contribution in [2.75, 3.05) is 0 Å². The summed E-state index contributed by atoms with van der Waals surface area (Å²) < 4.78 is 78.9. The minimum Gasteiger partial charge on any atom is -0.386 e. The second kappa shape index (κ2) is 11.3. The number of fused-ring (bicyclic) bond motifs is 1. The van der Waals surface area contributed by atoms with Crippen LogP contribution in [0.3, 0.4) is 0 Å². The molecule has 2 N–H and O–H groups in total. The van der Waals surface area contributed by atoms with Crippen LogP contribution in [-0.4, -0.2) is 29.2 Å². The zero-order chi connectivity index (χ0) is 28.4. The average Bonchev–Trinajstić information content (AvgIpc) is 2.88. The lowest BCUT2D eigenvalue weighted by molar-refractivity contribution is -0.281. The van der Waals surface area contributed by atoms with Gasteiger partial charge in [-0.15, -0.1) is 0 Å². The van der Waals surface area contributed by atoms with E-state index in [1.54, 1.807) is 36.4 Å². The maximum absolute atomic E-state index is 14.3. The average molecular weight is 566 g/mol. The highest BCUT2D eigenvalue weighted by Crippen LogP contribution is 2.38. The molecule has 0 heterocycles. The normalized spacial score (nSPS) is 13.7. The summed E-state index contributed by atoms with van der Waals surface area (Å²) in [4.78, 5) is 13.3. The van der Waals surface area contributed by atoms with Crippen molar-refractivity contribution in [3.8, 4) is 0 Å². The van der Waals surface area contributed by atoms with E-state index in [9.17, 15) is 36.2 Å². The smallest absolute Gasteiger partial charge is 0.386 e. The van der Waals surface area contributed by atoms with E-state index < -0.39 is 42.4 Å². The van der Waals surface area contributed by atoms with Gasteiger partial charge in [0.05, 0.1) is 12.1 Å². The van der Waals surface area contributed by atoms with Crippen molar-refractivity contribution < 1.29 is 36.2 Å². The Kier molecular flexibility index (Phi) is 8.23. The number of hydrogen-bond donors (Lipinski definition) is 2. The standard InChI is InChI=1S/C29H22ClF6NO2/c30-20-5-3-4-19(15-20)26(38)25(14-17-8-10-18(11-9-17)16-28(32,33)29(34,35)36)37-27(39)23-12-13-24(31)22-7-2-1-6-21(22)23/h1-13,15,25-26,38H,14,16H2,(H,37,39). The van der Waals surface area contributed by atoms with Gasteiger partial charge in [0.15, 0.2) is 0 Å². The molecule has 2 atom stereocenters. The Bertz CT molecular complexity index is 1470. The summed E-state index contributed by atoms with van der Waals surface area (Å²) in [5.74, 6) is -5.99. The Hall–Kier alpha value is -3.56. The van der Waals surface area contributed by atoms with Gasteiger partial charge in [0.25, 0.3) is 5.91 Å². The molecule has 0 aliphatic heterocycles. The number of aliphatic hydroxyl groups is 1. The van der Waals surface area contributed by atoms with Gasteiger partial charge >= 0.3 is 12.1 Å². The number of hydrogen-bond acceptors (Lipinski definition) is 2. The Balaban J connectivity index is 1.62. The predicted molar refractivity (Wildman–Crippen MR) is 136 cm³/mol. The zero-order valence-electron chi connectivity index (χ0n) is 20.2. The first-order chi connectivity index (χ1) is 18.4. The fraction of sp³-hybridized carbons (Fsp3) is 0.207. The maximum Gasteiger partial charge on any atom is 0.453 e. The van der Waals surface area contributed by atoms with Crippen LogP contribution >= 0.6 is 11.6 Å². The first-order valence-corrected chi connectivity index (χ1v) is 12.2. The van der Waals surface area contributed by atoms with Gasteiger partial charge in [-0.25, -0.2) is 4.39 Å². The largest absolute Gasteiger partial charge is 0.453 e. The van der Waals surface area contributed by atoms with E-state index in [1.807, 2.05) is 0 Å². The molecule has 4 rings (SSSR count). The summed E-state index contributed by atoms with van der Waals surface area (Å²) in [5.41, 5.74) is 0.789. The van der Waals surface area contributed by atoms with Crippen LogP contribution in [-0.2, 0) is 12.8 Å². The summed E-state index contributed by atoms with van der Waals surface area (Å²) in [6.45, 7) is 0. The van der Waals surface area contributed by atoms with Crippen molar-refractivity contribution in [3.05, 3.63) is 118 Å². The lowest BCUT2D eigenvalue weighted by Gasteiger charge is -2.25. The van der Waals surface area contributed by atoms with Gasteiger partial charge in [0.2, 0.25) is 0 Å². The van der Waals surface area contributed by atoms with Crippen LogP contribution < -0.4 is 5.32 Å².